The van der Waals surface area contributed by atoms with E-state index in [1.807, 2.05) is 4.90 Å². The number of carbonyl (C=O) groups excluding carboxylic acids is 1. The molecule has 3 nitrogen and oxygen atoms in total. The largest absolute Gasteiger partial charge is 0.468 e. The number of ether oxygens (including phenoxy) is 1. The van der Waals surface area contributed by atoms with Gasteiger partial charge in [0.05, 0.1) is 7.11 Å². The molecule has 1 aliphatic rings. The molecule has 1 aliphatic heterocycles. The third kappa shape index (κ3) is 5.25. The zero-order chi connectivity index (χ0) is 13.6. The molecule has 0 amide bonds. The fourth-order valence-corrected chi connectivity index (χ4v) is 2.30. The topological polar surface area (TPSA) is 29.5 Å². The van der Waals surface area contributed by atoms with Gasteiger partial charge in [0.15, 0.2) is 0 Å². The van der Waals surface area contributed by atoms with Crippen molar-refractivity contribution in [1.82, 2.24) is 4.90 Å². The maximum atomic E-state index is 12.0. The van der Waals surface area contributed by atoms with Crippen molar-refractivity contribution in [3.8, 4) is 0 Å². The summed E-state index contributed by atoms with van der Waals surface area (Å²) in [6.07, 6.45) is -1.54. The second kappa shape index (κ2) is 6.97. The standard InChI is InChI=1S/C12H20F3NO2/c1-18-11(17)10-6-2-4-8-16(10)9-5-3-7-12(13,14)15/h10H,2-9H2,1H3/t10-/m1/s1. The van der Waals surface area contributed by atoms with Crippen molar-refractivity contribution >= 4 is 5.97 Å². The third-order valence-electron chi connectivity index (χ3n) is 3.24. The molecule has 1 atom stereocenters. The van der Waals surface area contributed by atoms with Gasteiger partial charge in [-0.15, -0.1) is 0 Å². The summed E-state index contributed by atoms with van der Waals surface area (Å²) < 4.78 is 40.7. The van der Waals surface area contributed by atoms with Crippen molar-refractivity contribution in [3.05, 3.63) is 0 Å². The molecule has 106 valence electrons. The summed E-state index contributed by atoms with van der Waals surface area (Å²) in [5.41, 5.74) is 0. The van der Waals surface area contributed by atoms with Gasteiger partial charge >= 0.3 is 12.1 Å². The lowest BCUT2D eigenvalue weighted by Crippen LogP contribution is -2.45. The first kappa shape index (κ1) is 15.3. The Morgan fingerprint density at radius 3 is 2.67 bits per heavy atom. The number of halogens is 3. The third-order valence-corrected chi connectivity index (χ3v) is 3.24. The van der Waals surface area contributed by atoms with E-state index in [-0.39, 0.29) is 18.4 Å². The summed E-state index contributed by atoms with van der Waals surface area (Å²) in [4.78, 5) is 13.5. The van der Waals surface area contributed by atoms with Crippen LogP contribution >= 0.6 is 0 Å². The minimum absolute atomic E-state index is 0.119. The van der Waals surface area contributed by atoms with Gasteiger partial charge in [-0.1, -0.05) is 6.42 Å². The molecule has 6 heteroatoms. The van der Waals surface area contributed by atoms with Crippen LogP contribution in [-0.4, -0.2) is 43.3 Å². The highest BCUT2D eigenvalue weighted by Crippen LogP contribution is 2.23. The highest BCUT2D eigenvalue weighted by atomic mass is 19.4. The van der Waals surface area contributed by atoms with E-state index < -0.39 is 12.6 Å². The molecule has 0 spiro atoms. The van der Waals surface area contributed by atoms with E-state index >= 15 is 0 Å². The van der Waals surface area contributed by atoms with E-state index in [1.54, 1.807) is 0 Å². The van der Waals surface area contributed by atoms with Crippen LogP contribution in [0.25, 0.3) is 0 Å². The van der Waals surface area contributed by atoms with E-state index in [2.05, 4.69) is 0 Å². The SMILES string of the molecule is COC(=O)[C@H]1CCCCN1CCCCC(F)(F)F. The Morgan fingerprint density at radius 2 is 2.06 bits per heavy atom. The monoisotopic (exact) mass is 267 g/mol. The van der Waals surface area contributed by atoms with Crippen LogP contribution in [0.2, 0.25) is 0 Å². The molecule has 1 rings (SSSR count). The molecule has 1 fully saturated rings. The molecule has 0 aromatic rings. The number of hydrogen-bond donors (Lipinski definition) is 0. The van der Waals surface area contributed by atoms with Crippen molar-refractivity contribution in [1.29, 1.82) is 0 Å². The molecule has 0 radical (unpaired) electrons. The average molecular weight is 267 g/mol. The maximum Gasteiger partial charge on any atom is 0.389 e. The first-order valence-corrected chi connectivity index (χ1v) is 6.32. The summed E-state index contributed by atoms with van der Waals surface area (Å²) in [6, 6.07) is -0.269. The van der Waals surface area contributed by atoms with Crippen molar-refractivity contribution in [2.24, 2.45) is 0 Å². The first-order chi connectivity index (χ1) is 8.44. The molecule has 0 saturated carbocycles. The lowest BCUT2D eigenvalue weighted by Gasteiger charge is -2.33. The number of esters is 1. The summed E-state index contributed by atoms with van der Waals surface area (Å²) in [5.74, 6) is -0.273. The molecule has 18 heavy (non-hydrogen) atoms. The number of unbranched alkanes of at least 4 members (excludes halogenated alkanes) is 1. The zero-order valence-corrected chi connectivity index (χ0v) is 10.6. The van der Waals surface area contributed by atoms with Gasteiger partial charge in [0.25, 0.3) is 0 Å². The Balaban J connectivity index is 2.32. The second-order valence-corrected chi connectivity index (χ2v) is 4.64. The van der Waals surface area contributed by atoms with Crippen molar-refractivity contribution in [3.63, 3.8) is 0 Å². The van der Waals surface area contributed by atoms with E-state index in [9.17, 15) is 18.0 Å². The number of methoxy groups -OCH3 is 1. The Hall–Kier alpha value is -0.780. The molecular formula is C12H20F3NO2. The Bertz CT molecular complexity index is 269. The molecule has 1 saturated heterocycles. The number of piperidine rings is 1. The highest BCUT2D eigenvalue weighted by Gasteiger charge is 2.30. The molecule has 1 heterocycles. The lowest BCUT2D eigenvalue weighted by molar-refractivity contribution is -0.148. The Labute approximate surface area is 105 Å². The van der Waals surface area contributed by atoms with Crippen LogP contribution in [0.1, 0.15) is 38.5 Å². The van der Waals surface area contributed by atoms with Gasteiger partial charge in [0.2, 0.25) is 0 Å². The van der Waals surface area contributed by atoms with Gasteiger partial charge < -0.3 is 4.74 Å². The van der Waals surface area contributed by atoms with E-state index in [0.29, 0.717) is 13.0 Å². The lowest BCUT2D eigenvalue weighted by atomic mass is 10.0. The maximum absolute atomic E-state index is 12.0. The van der Waals surface area contributed by atoms with Crippen LogP contribution in [0.5, 0.6) is 0 Å². The highest BCUT2D eigenvalue weighted by molar-refractivity contribution is 5.75. The fourth-order valence-electron chi connectivity index (χ4n) is 2.30. The van der Waals surface area contributed by atoms with Gasteiger partial charge in [-0.25, -0.2) is 0 Å². The van der Waals surface area contributed by atoms with Gasteiger partial charge in [-0.05, 0) is 38.8 Å². The quantitative estimate of drug-likeness (QED) is 0.566. The molecule has 0 N–H and O–H groups in total. The van der Waals surface area contributed by atoms with Crippen LogP contribution in [0.15, 0.2) is 0 Å². The summed E-state index contributed by atoms with van der Waals surface area (Å²) >= 11 is 0. The van der Waals surface area contributed by atoms with Crippen LogP contribution in [0, 0.1) is 0 Å². The van der Waals surface area contributed by atoms with Crippen molar-refractivity contribution in [2.75, 3.05) is 20.2 Å². The fraction of sp³-hybridized carbons (Fsp3) is 0.917. The predicted molar refractivity (Wildman–Crippen MR) is 61.1 cm³/mol. The number of rotatable bonds is 5. The summed E-state index contributed by atoms with van der Waals surface area (Å²) in [6.45, 7) is 1.31. The number of alkyl halides is 3. The molecule has 0 unspecified atom stereocenters. The number of carbonyl (C=O) groups is 1. The normalized spacial score (nSPS) is 21.9. The van der Waals surface area contributed by atoms with Gasteiger partial charge in [-0.2, -0.15) is 13.2 Å². The average Bonchev–Trinajstić information content (AvgIpc) is 2.33. The van der Waals surface area contributed by atoms with Gasteiger partial charge in [0, 0.05) is 6.42 Å². The smallest absolute Gasteiger partial charge is 0.389 e. The van der Waals surface area contributed by atoms with Crippen LogP contribution < -0.4 is 0 Å². The van der Waals surface area contributed by atoms with Crippen LogP contribution in [0.4, 0.5) is 13.2 Å². The number of hydrogen-bond acceptors (Lipinski definition) is 3. The van der Waals surface area contributed by atoms with Crippen molar-refractivity contribution < 1.29 is 22.7 Å². The summed E-state index contributed by atoms with van der Waals surface area (Å²) in [5, 5.41) is 0. The number of nitrogens with zero attached hydrogens (tertiary/aromatic N) is 1. The van der Waals surface area contributed by atoms with E-state index in [0.717, 1.165) is 25.8 Å². The molecule has 0 aromatic heterocycles. The second-order valence-electron chi connectivity index (χ2n) is 4.64. The van der Waals surface area contributed by atoms with Crippen LogP contribution in [0.3, 0.4) is 0 Å². The number of likely N-dealkylation sites (tertiary alicyclic amines) is 1. The molecule has 0 bridgehead atoms. The minimum atomic E-state index is -4.08. The van der Waals surface area contributed by atoms with E-state index in [4.69, 9.17) is 4.74 Å². The first-order valence-electron chi connectivity index (χ1n) is 6.32. The Morgan fingerprint density at radius 1 is 1.33 bits per heavy atom. The molecular weight excluding hydrogens is 247 g/mol. The summed E-state index contributed by atoms with van der Waals surface area (Å²) in [7, 11) is 1.35. The van der Waals surface area contributed by atoms with E-state index in [1.165, 1.54) is 7.11 Å². The minimum Gasteiger partial charge on any atom is -0.468 e. The molecule has 0 aliphatic carbocycles. The molecule has 0 aromatic carbocycles. The van der Waals surface area contributed by atoms with Crippen LogP contribution in [-0.2, 0) is 9.53 Å². The Kier molecular flexibility index (Phi) is 5.91. The predicted octanol–water partition coefficient (Wildman–Crippen LogP) is 2.75. The van der Waals surface area contributed by atoms with Crippen molar-refractivity contribution in [2.45, 2.75) is 50.7 Å². The van der Waals surface area contributed by atoms with Gasteiger partial charge in [0.1, 0.15) is 6.04 Å². The van der Waals surface area contributed by atoms with Gasteiger partial charge in [-0.3, -0.25) is 9.69 Å². The zero-order valence-electron chi connectivity index (χ0n) is 10.6.